The molecule has 0 N–H and O–H groups in total. The zero-order valence-corrected chi connectivity index (χ0v) is 32.4. The van der Waals surface area contributed by atoms with Crippen molar-refractivity contribution in [3.05, 3.63) is 71.8 Å². The minimum Gasteiger partial charge on any atom is -0.453 e. The maximum atomic E-state index is 15.0. The summed E-state index contributed by atoms with van der Waals surface area (Å²) in [4.78, 5) is 39.4. The third kappa shape index (κ3) is 13.1. The number of hydrogen-bond donors (Lipinski definition) is 0. The van der Waals surface area contributed by atoms with Crippen molar-refractivity contribution in [2.24, 2.45) is 5.92 Å². The molecule has 4 aromatic rings. The van der Waals surface area contributed by atoms with E-state index in [1.807, 2.05) is 23.2 Å². The monoisotopic (exact) mass is 778 g/mol. The summed E-state index contributed by atoms with van der Waals surface area (Å²) in [5, 5.41) is 0. The Bertz CT molecular complexity index is 1810. The fourth-order valence-electron chi connectivity index (χ4n) is 6.22. The number of nitrogens with zero attached hydrogens (tertiary/aromatic N) is 4. The highest BCUT2D eigenvalue weighted by atomic mass is 32.1. The van der Waals surface area contributed by atoms with Crippen molar-refractivity contribution in [2.45, 2.75) is 38.6 Å². The molecule has 1 aromatic carbocycles. The summed E-state index contributed by atoms with van der Waals surface area (Å²) >= 11 is 1.49. The van der Waals surface area contributed by atoms with E-state index in [0.717, 1.165) is 58.8 Å². The average Bonchev–Trinajstić information content (AvgIpc) is 3.89. The van der Waals surface area contributed by atoms with E-state index in [1.165, 1.54) is 17.4 Å². The predicted molar refractivity (Wildman–Crippen MR) is 207 cm³/mol. The second-order valence-corrected chi connectivity index (χ2v) is 14.8. The first-order chi connectivity index (χ1) is 26.9. The van der Waals surface area contributed by atoms with E-state index < -0.39 is 5.82 Å². The number of amides is 1. The molecular weight excluding hydrogens is 728 g/mol. The molecular formula is C41H51FN4O8S. The molecule has 0 unspecified atom stereocenters. The zero-order valence-electron chi connectivity index (χ0n) is 31.5. The number of fused-ring (bicyclic) bond motifs is 1. The van der Waals surface area contributed by atoms with Gasteiger partial charge in [0.1, 0.15) is 11.5 Å². The molecule has 2 aliphatic rings. The lowest BCUT2D eigenvalue weighted by Gasteiger charge is -2.34. The first-order valence-electron chi connectivity index (χ1n) is 19.1. The Morgan fingerprint density at radius 3 is 2.15 bits per heavy atom. The Balaban J connectivity index is 0.882. The van der Waals surface area contributed by atoms with Crippen LogP contribution < -0.4 is 4.74 Å². The van der Waals surface area contributed by atoms with Gasteiger partial charge in [0.15, 0.2) is 11.6 Å². The fourth-order valence-corrected chi connectivity index (χ4v) is 7.26. The summed E-state index contributed by atoms with van der Waals surface area (Å²) in [5.74, 6) is 0.891. The van der Waals surface area contributed by atoms with Gasteiger partial charge in [-0.05, 0) is 54.2 Å². The van der Waals surface area contributed by atoms with E-state index in [1.54, 1.807) is 31.5 Å². The lowest BCUT2D eigenvalue weighted by Crippen LogP contribution is -2.48. The van der Waals surface area contributed by atoms with Crippen LogP contribution >= 0.6 is 11.3 Å². The Morgan fingerprint density at radius 1 is 0.800 bits per heavy atom. The zero-order chi connectivity index (χ0) is 38.2. The number of benzene rings is 1. The van der Waals surface area contributed by atoms with Crippen LogP contribution in [0.15, 0.2) is 54.9 Å². The van der Waals surface area contributed by atoms with Crippen molar-refractivity contribution < 1.29 is 42.4 Å². The summed E-state index contributed by atoms with van der Waals surface area (Å²) < 4.78 is 48.7. The van der Waals surface area contributed by atoms with E-state index >= 15 is 4.39 Å². The Labute approximate surface area is 325 Å². The van der Waals surface area contributed by atoms with Crippen LogP contribution in [0, 0.1) is 11.7 Å². The van der Waals surface area contributed by atoms with Gasteiger partial charge in [0.05, 0.1) is 86.7 Å². The quantitative estimate of drug-likeness (QED) is 0.0786. The van der Waals surface area contributed by atoms with Crippen LogP contribution in [0.2, 0.25) is 0 Å². The molecule has 0 radical (unpaired) electrons. The molecule has 0 bridgehead atoms. The summed E-state index contributed by atoms with van der Waals surface area (Å²) in [5.41, 5.74) is 3.31. The summed E-state index contributed by atoms with van der Waals surface area (Å²) in [6.45, 7) is 8.11. The average molecular weight is 779 g/mol. The van der Waals surface area contributed by atoms with E-state index in [4.69, 9.17) is 33.4 Å². The predicted octanol–water partition coefficient (Wildman–Crippen LogP) is 5.95. The van der Waals surface area contributed by atoms with Gasteiger partial charge in [0.2, 0.25) is 5.91 Å². The van der Waals surface area contributed by atoms with Crippen molar-refractivity contribution in [2.75, 3.05) is 92.8 Å². The Kier molecular flexibility index (Phi) is 15.9. The molecule has 12 nitrogen and oxygen atoms in total. The molecule has 1 aliphatic heterocycles. The van der Waals surface area contributed by atoms with Gasteiger partial charge in [-0.2, -0.15) is 0 Å². The number of methoxy groups -OCH3 is 1. The number of pyridine rings is 2. The van der Waals surface area contributed by atoms with Gasteiger partial charge in [-0.25, -0.2) is 4.39 Å². The molecule has 296 valence electrons. The molecule has 2 fully saturated rings. The first kappa shape index (κ1) is 40.8. The van der Waals surface area contributed by atoms with Crippen LogP contribution in [0.4, 0.5) is 4.39 Å². The number of carbonyl (C=O) groups excluding carboxylic acids is 2. The first-order valence-corrected chi connectivity index (χ1v) is 19.9. The lowest BCUT2D eigenvalue weighted by molar-refractivity contribution is -0.134. The summed E-state index contributed by atoms with van der Waals surface area (Å²) in [6.07, 6.45) is 6.95. The van der Waals surface area contributed by atoms with Crippen molar-refractivity contribution in [1.82, 2.24) is 19.8 Å². The molecule has 1 saturated carbocycles. The smallest absolute Gasteiger partial charge is 0.224 e. The molecule has 3 aromatic heterocycles. The lowest BCUT2D eigenvalue weighted by atomic mass is 10.0. The Hall–Kier alpha value is -3.89. The second kappa shape index (κ2) is 21.4. The van der Waals surface area contributed by atoms with Gasteiger partial charge < -0.3 is 33.3 Å². The highest BCUT2D eigenvalue weighted by Gasteiger charge is 2.25. The summed E-state index contributed by atoms with van der Waals surface area (Å²) in [7, 11) is 1.64. The molecule has 14 heteroatoms. The van der Waals surface area contributed by atoms with Gasteiger partial charge in [-0.15, -0.1) is 11.3 Å². The van der Waals surface area contributed by atoms with Crippen LogP contribution in [0.3, 0.4) is 0 Å². The maximum Gasteiger partial charge on any atom is 0.224 e. The molecule has 1 amide bonds. The third-order valence-corrected chi connectivity index (χ3v) is 10.6. The SMILES string of the molecule is COCCOCCOCCOCCOCCC(=O)N1CCN(Cc2ccc(-c3cc4nccc(Oc5ccc(CC(=O)CC6CC6)cc5F)c4s3)nc2)CC1. The van der Waals surface area contributed by atoms with Gasteiger partial charge in [-0.1, -0.05) is 12.1 Å². The Morgan fingerprint density at radius 2 is 1.49 bits per heavy atom. The number of ketones is 1. The third-order valence-electron chi connectivity index (χ3n) is 9.42. The number of aromatic nitrogens is 2. The van der Waals surface area contributed by atoms with E-state index in [-0.39, 0.29) is 23.9 Å². The van der Waals surface area contributed by atoms with Gasteiger partial charge in [0, 0.05) is 71.1 Å². The molecule has 1 aliphatic carbocycles. The molecule has 0 spiro atoms. The molecule has 55 heavy (non-hydrogen) atoms. The van der Waals surface area contributed by atoms with Gasteiger partial charge in [-0.3, -0.25) is 24.5 Å². The number of thiophene rings is 1. The highest BCUT2D eigenvalue weighted by molar-refractivity contribution is 7.22. The van der Waals surface area contributed by atoms with Crippen LogP contribution in [0.25, 0.3) is 20.8 Å². The van der Waals surface area contributed by atoms with Crippen molar-refractivity contribution in [3.63, 3.8) is 0 Å². The number of ether oxygens (including phenoxy) is 6. The van der Waals surface area contributed by atoms with Crippen LogP contribution in [-0.2, 0) is 46.2 Å². The van der Waals surface area contributed by atoms with Crippen molar-refractivity contribution in [1.29, 1.82) is 0 Å². The largest absolute Gasteiger partial charge is 0.453 e. The van der Waals surface area contributed by atoms with Gasteiger partial charge in [0.25, 0.3) is 0 Å². The van der Waals surface area contributed by atoms with Crippen molar-refractivity contribution in [3.8, 4) is 22.1 Å². The molecule has 1 saturated heterocycles. The number of rotatable bonds is 24. The fraction of sp³-hybridized carbons (Fsp3) is 0.512. The number of hydrogen-bond acceptors (Lipinski definition) is 12. The highest BCUT2D eigenvalue weighted by Crippen LogP contribution is 2.39. The number of Topliss-reactive ketones (excluding diaryl/α,β-unsaturated/α-hetero) is 1. The van der Waals surface area contributed by atoms with E-state index in [0.29, 0.717) is 103 Å². The topological polar surface area (TPSA) is 122 Å². The standard InChI is InChI=1S/C41H51FN4O8S/c1-49-16-17-51-20-21-53-23-22-52-19-18-50-15-9-40(48)46-13-11-45(12-14-46)29-32-4-6-35(44-28-32)39-27-36-41(55-39)38(8-10-43-36)54-37-7-5-31(26-34(37)42)25-33(47)24-30-2-3-30/h4-8,10,26-28,30H,2-3,9,11-25,29H2,1H3. The summed E-state index contributed by atoms with van der Waals surface area (Å²) in [6, 6.07) is 12.5. The number of carbonyl (C=O) groups is 2. The number of piperazine rings is 1. The number of halogens is 1. The van der Waals surface area contributed by atoms with Gasteiger partial charge >= 0.3 is 0 Å². The molecule has 6 rings (SSSR count). The van der Waals surface area contributed by atoms with Crippen LogP contribution in [0.5, 0.6) is 11.5 Å². The maximum absolute atomic E-state index is 15.0. The van der Waals surface area contributed by atoms with Crippen LogP contribution in [-0.4, -0.2) is 124 Å². The van der Waals surface area contributed by atoms with E-state index in [2.05, 4.69) is 16.0 Å². The van der Waals surface area contributed by atoms with E-state index in [9.17, 15) is 9.59 Å². The minimum absolute atomic E-state index is 0.106. The van der Waals surface area contributed by atoms with Crippen LogP contribution in [0.1, 0.15) is 36.8 Å². The second-order valence-electron chi connectivity index (χ2n) is 13.8. The van der Waals surface area contributed by atoms with Crippen molar-refractivity contribution >= 4 is 33.2 Å². The molecule has 0 atom stereocenters. The normalized spacial score (nSPS) is 14.8. The minimum atomic E-state index is -0.499. The molecule has 4 heterocycles.